The van der Waals surface area contributed by atoms with Crippen molar-refractivity contribution in [3.8, 4) is 11.5 Å². The Morgan fingerprint density at radius 3 is 2.42 bits per heavy atom. The van der Waals surface area contributed by atoms with Crippen LogP contribution >= 0.6 is 15.9 Å². The zero-order valence-electron chi connectivity index (χ0n) is 10.4. The van der Waals surface area contributed by atoms with Crippen molar-refractivity contribution in [3.05, 3.63) is 46.5 Å². The number of ether oxygens (including phenoxy) is 2. The Bertz CT molecular complexity index is 602. The van der Waals surface area contributed by atoms with Crippen LogP contribution in [0.3, 0.4) is 0 Å². The highest BCUT2D eigenvalue weighted by atomic mass is 79.9. The van der Waals surface area contributed by atoms with E-state index in [0.717, 1.165) is 0 Å². The van der Waals surface area contributed by atoms with Gasteiger partial charge in [-0.05, 0) is 34.1 Å². The van der Waals surface area contributed by atoms with Crippen molar-refractivity contribution in [3.63, 3.8) is 0 Å². The van der Waals surface area contributed by atoms with Gasteiger partial charge in [0.15, 0.2) is 0 Å². The summed E-state index contributed by atoms with van der Waals surface area (Å²) >= 11 is 3.35. The minimum Gasteiger partial charge on any atom is -0.495 e. The van der Waals surface area contributed by atoms with E-state index in [-0.39, 0.29) is 11.6 Å². The van der Waals surface area contributed by atoms with Gasteiger partial charge in [0.05, 0.1) is 19.8 Å². The molecule has 0 bridgehead atoms. The number of rotatable bonds is 4. The molecule has 0 fully saturated rings. The SMILES string of the molecule is COc1ccc(C(=O)c2ncccn2)c(OC)c1Br. The number of aromatic nitrogens is 2. The van der Waals surface area contributed by atoms with Gasteiger partial charge in [0, 0.05) is 12.4 Å². The van der Waals surface area contributed by atoms with Crippen LogP contribution in [0.5, 0.6) is 11.5 Å². The van der Waals surface area contributed by atoms with Crippen molar-refractivity contribution in [2.75, 3.05) is 14.2 Å². The lowest BCUT2D eigenvalue weighted by Crippen LogP contribution is -2.08. The third-order valence-corrected chi connectivity index (χ3v) is 3.25. The third kappa shape index (κ3) is 2.58. The molecule has 1 aromatic carbocycles. The minimum absolute atomic E-state index is 0.123. The summed E-state index contributed by atoms with van der Waals surface area (Å²) in [5, 5.41) is 0. The van der Waals surface area contributed by atoms with Crippen LogP contribution in [-0.2, 0) is 0 Å². The predicted octanol–water partition coefficient (Wildman–Crippen LogP) is 2.49. The average molecular weight is 323 g/mol. The van der Waals surface area contributed by atoms with E-state index in [2.05, 4.69) is 25.9 Å². The summed E-state index contributed by atoms with van der Waals surface area (Å²) in [5.41, 5.74) is 0.376. The highest BCUT2D eigenvalue weighted by molar-refractivity contribution is 9.10. The van der Waals surface area contributed by atoms with E-state index in [1.54, 1.807) is 25.3 Å². The fraction of sp³-hybridized carbons (Fsp3) is 0.154. The molecule has 0 saturated carbocycles. The first-order valence-electron chi connectivity index (χ1n) is 5.41. The van der Waals surface area contributed by atoms with E-state index in [1.807, 2.05) is 0 Å². The largest absolute Gasteiger partial charge is 0.495 e. The van der Waals surface area contributed by atoms with E-state index < -0.39 is 0 Å². The first kappa shape index (κ1) is 13.5. The van der Waals surface area contributed by atoms with Crippen LogP contribution in [0.2, 0.25) is 0 Å². The number of hydrogen-bond donors (Lipinski definition) is 0. The predicted molar refractivity (Wildman–Crippen MR) is 72.7 cm³/mol. The lowest BCUT2D eigenvalue weighted by atomic mass is 10.1. The van der Waals surface area contributed by atoms with Gasteiger partial charge in [-0.2, -0.15) is 0 Å². The van der Waals surface area contributed by atoms with Crippen LogP contribution in [0.25, 0.3) is 0 Å². The van der Waals surface area contributed by atoms with Crippen molar-refractivity contribution in [1.82, 2.24) is 9.97 Å². The Balaban J connectivity index is 2.51. The third-order valence-electron chi connectivity index (χ3n) is 2.50. The highest BCUT2D eigenvalue weighted by Crippen LogP contribution is 2.37. The van der Waals surface area contributed by atoms with Gasteiger partial charge in [-0.25, -0.2) is 9.97 Å². The summed E-state index contributed by atoms with van der Waals surface area (Å²) in [6.45, 7) is 0. The second kappa shape index (κ2) is 5.79. The number of ketones is 1. The maximum Gasteiger partial charge on any atom is 0.233 e. The minimum atomic E-state index is -0.305. The van der Waals surface area contributed by atoms with Gasteiger partial charge in [-0.3, -0.25) is 4.79 Å². The molecule has 0 aliphatic heterocycles. The molecule has 5 nitrogen and oxygen atoms in total. The molecular formula is C13H11BrN2O3. The molecule has 2 aromatic rings. The van der Waals surface area contributed by atoms with Crippen molar-refractivity contribution < 1.29 is 14.3 Å². The lowest BCUT2D eigenvalue weighted by molar-refractivity contribution is 0.102. The van der Waals surface area contributed by atoms with Crippen LogP contribution in [0, 0.1) is 0 Å². The van der Waals surface area contributed by atoms with Crippen molar-refractivity contribution in [2.24, 2.45) is 0 Å². The van der Waals surface area contributed by atoms with E-state index in [0.29, 0.717) is 21.5 Å². The fourth-order valence-electron chi connectivity index (χ4n) is 1.61. The molecule has 0 saturated heterocycles. The Kier molecular flexibility index (Phi) is 4.11. The molecule has 98 valence electrons. The van der Waals surface area contributed by atoms with Crippen LogP contribution in [0.4, 0.5) is 0 Å². The van der Waals surface area contributed by atoms with Crippen LogP contribution in [0.1, 0.15) is 16.2 Å². The quantitative estimate of drug-likeness (QED) is 0.809. The molecule has 2 rings (SSSR count). The normalized spacial score (nSPS) is 10.1. The van der Waals surface area contributed by atoms with Gasteiger partial charge in [-0.15, -0.1) is 0 Å². The molecule has 6 heteroatoms. The number of methoxy groups -OCH3 is 2. The van der Waals surface area contributed by atoms with Gasteiger partial charge in [0.1, 0.15) is 16.0 Å². The number of halogens is 1. The summed E-state index contributed by atoms with van der Waals surface area (Å²) in [4.78, 5) is 20.2. The van der Waals surface area contributed by atoms with Gasteiger partial charge in [0.25, 0.3) is 0 Å². The summed E-state index contributed by atoms with van der Waals surface area (Å²) in [6, 6.07) is 4.96. The number of hydrogen-bond acceptors (Lipinski definition) is 5. The smallest absolute Gasteiger partial charge is 0.233 e. The van der Waals surface area contributed by atoms with Crippen LogP contribution < -0.4 is 9.47 Å². The monoisotopic (exact) mass is 322 g/mol. The highest BCUT2D eigenvalue weighted by Gasteiger charge is 2.21. The molecule has 1 aromatic heterocycles. The summed E-state index contributed by atoms with van der Waals surface area (Å²) < 4.78 is 11.0. The van der Waals surface area contributed by atoms with E-state index in [4.69, 9.17) is 9.47 Å². The number of benzene rings is 1. The second-order valence-electron chi connectivity index (χ2n) is 3.56. The fourth-order valence-corrected chi connectivity index (χ4v) is 2.28. The molecule has 0 aliphatic carbocycles. The van der Waals surface area contributed by atoms with Crippen molar-refractivity contribution in [1.29, 1.82) is 0 Å². The number of carbonyl (C=O) groups is 1. The molecule has 0 aliphatic rings. The van der Waals surface area contributed by atoms with Gasteiger partial charge >= 0.3 is 0 Å². The molecule has 0 radical (unpaired) electrons. The molecule has 0 spiro atoms. The number of carbonyl (C=O) groups excluding carboxylic acids is 1. The standard InChI is InChI=1S/C13H11BrN2O3/c1-18-9-5-4-8(12(19-2)10(9)14)11(17)13-15-6-3-7-16-13/h3-7H,1-2H3. The zero-order valence-corrected chi connectivity index (χ0v) is 12.0. The Labute approximate surface area is 118 Å². The first-order valence-corrected chi connectivity index (χ1v) is 6.20. The van der Waals surface area contributed by atoms with E-state index in [9.17, 15) is 4.79 Å². The summed E-state index contributed by atoms with van der Waals surface area (Å²) in [7, 11) is 3.03. The van der Waals surface area contributed by atoms with E-state index >= 15 is 0 Å². The lowest BCUT2D eigenvalue weighted by Gasteiger charge is -2.12. The molecule has 0 amide bonds. The summed E-state index contributed by atoms with van der Waals surface area (Å²) in [5.74, 6) is 0.804. The van der Waals surface area contributed by atoms with E-state index in [1.165, 1.54) is 19.5 Å². The topological polar surface area (TPSA) is 61.3 Å². The first-order chi connectivity index (χ1) is 9.19. The Hall–Kier alpha value is -1.95. The van der Waals surface area contributed by atoms with Crippen molar-refractivity contribution >= 4 is 21.7 Å². The molecular weight excluding hydrogens is 312 g/mol. The molecule has 0 atom stereocenters. The molecule has 0 unspecified atom stereocenters. The van der Waals surface area contributed by atoms with Gasteiger partial charge in [0.2, 0.25) is 11.6 Å². The van der Waals surface area contributed by atoms with Gasteiger partial charge in [-0.1, -0.05) is 0 Å². The zero-order chi connectivity index (χ0) is 13.8. The second-order valence-corrected chi connectivity index (χ2v) is 4.36. The maximum absolute atomic E-state index is 12.3. The molecule has 0 N–H and O–H groups in total. The Morgan fingerprint density at radius 1 is 1.16 bits per heavy atom. The van der Waals surface area contributed by atoms with Gasteiger partial charge < -0.3 is 9.47 Å². The Morgan fingerprint density at radius 2 is 1.84 bits per heavy atom. The molecule has 19 heavy (non-hydrogen) atoms. The average Bonchev–Trinajstić information content (AvgIpc) is 2.47. The van der Waals surface area contributed by atoms with Crippen molar-refractivity contribution in [2.45, 2.75) is 0 Å². The van der Waals surface area contributed by atoms with Crippen LogP contribution in [-0.4, -0.2) is 30.0 Å². The van der Waals surface area contributed by atoms with Crippen LogP contribution in [0.15, 0.2) is 35.1 Å². The maximum atomic E-state index is 12.3. The summed E-state index contributed by atoms with van der Waals surface area (Å²) in [6.07, 6.45) is 3.04. The molecule has 1 heterocycles. The number of nitrogens with zero attached hydrogens (tertiary/aromatic N) is 2.